The summed E-state index contributed by atoms with van der Waals surface area (Å²) in [5.74, 6) is 0. The Bertz CT molecular complexity index is 161. The molecule has 40 valence electrons. The summed E-state index contributed by atoms with van der Waals surface area (Å²) in [6, 6.07) is 0. The van der Waals surface area contributed by atoms with Gasteiger partial charge < -0.3 is 0 Å². The van der Waals surface area contributed by atoms with Crippen molar-refractivity contribution in [3.8, 4) is 0 Å². The molecule has 0 aromatic carbocycles. The van der Waals surface area contributed by atoms with Crippen LogP contribution in [0, 0.1) is 0 Å². The van der Waals surface area contributed by atoms with E-state index in [2.05, 4.69) is 0 Å². The third-order valence-electron chi connectivity index (χ3n) is 0.937. The van der Waals surface area contributed by atoms with Crippen LogP contribution in [0.25, 0.3) is 0 Å². The number of nitrogens with two attached hydrogens (primary N) is 1. The summed E-state index contributed by atoms with van der Waals surface area (Å²) in [6.45, 7) is 0. The first-order valence-electron chi connectivity index (χ1n) is 2.34. The van der Waals surface area contributed by atoms with Gasteiger partial charge in [0.25, 0.3) is 0 Å². The fourth-order valence-electron chi connectivity index (χ4n) is 0.488. The zero-order valence-electron chi connectivity index (χ0n) is 4.33. The van der Waals surface area contributed by atoms with Gasteiger partial charge in [-0.1, -0.05) is 0 Å². The maximum atomic E-state index is 8.93. The van der Waals surface area contributed by atoms with Crippen molar-refractivity contribution >= 4 is 25.9 Å². The zero-order valence-corrected chi connectivity index (χ0v) is 7.63. The van der Waals surface area contributed by atoms with Gasteiger partial charge in [0.05, 0.1) is 0 Å². The van der Waals surface area contributed by atoms with Crippen molar-refractivity contribution in [1.29, 1.82) is 0 Å². The summed E-state index contributed by atoms with van der Waals surface area (Å²) in [4.78, 5) is 0. The predicted octanol–water partition coefficient (Wildman–Crippen LogP) is -0.437. The van der Waals surface area contributed by atoms with Crippen molar-refractivity contribution in [3.63, 3.8) is 0 Å². The molecule has 0 aromatic rings. The van der Waals surface area contributed by atoms with Crippen molar-refractivity contribution in [1.82, 2.24) is 0 Å². The molecule has 0 spiro atoms. The molecule has 0 saturated carbocycles. The third kappa shape index (κ3) is 1.16. The van der Waals surface area contributed by atoms with Crippen LogP contribution < -0.4 is 5.73 Å². The second-order valence-corrected chi connectivity index (χ2v) is 5.17. The third-order valence-corrected chi connectivity index (χ3v) is 3.97. The average Bonchev–Trinajstić information content (AvgIpc) is 1.77. The van der Waals surface area contributed by atoms with Crippen LogP contribution in [0.2, 0.25) is 0 Å². The summed E-state index contributed by atoms with van der Waals surface area (Å²) in [5, 5.41) is 8.93. The van der Waals surface area contributed by atoms with Gasteiger partial charge in [-0.25, -0.2) is 0 Å². The first-order valence-corrected chi connectivity index (χ1v) is 5.89. The minimum atomic E-state index is -0.917. The number of aliphatic hydroxyl groups excluding tert-OH is 1. The maximum absolute atomic E-state index is 8.93. The van der Waals surface area contributed by atoms with Crippen molar-refractivity contribution in [2.24, 2.45) is 5.73 Å². The Kier molecular flexibility index (Phi) is 1.78. The quantitative estimate of drug-likeness (QED) is 0.570. The van der Waals surface area contributed by atoms with E-state index in [0.29, 0.717) is 9.14 Å². The Balaban J connectivity index is 2.93. The van der Waals surface area contributed by atoms with Crippen molar-refractivity contribution in [2.75, 3.05) is 0 Å². The van der Waals surface area contributed by atoms with Crippen LogP contribution in [0.1, 0.15) is 0 Å². The van der Waals surface area contributed by atoms with E-state index < -0.39 is 22.4 Å². The van der Waals surface area contributed by atoms with Crippen LogP contribution >= 0.6 is 0 Å². The first-order chi connectivity index (χ1) is 3.80. The van der Waals surface area contributed by atoms with Crippen LogP contribution in [0.5, 0.6) is 0 Å². The molecule has 1 rings (SSSR count). The van der Waals surface area contributed by atoms with E-state index in [-0.39, 0.29) is 0 Å². The van der Waals surface area contributed by atoms with E-state index in [4.69, 9.17) is 10.8 Å². The van der Waals surface area contributed by atoms with Gasteiger partial charge >= 0.3 is 58.4 Å². The zero-order chi connectivity index (χ0) is 5.98. The van der Waals surface area contributed by atoms with E-state index in [0.717, 1.165) is 0 Å². The van der Waals surface area contributed by atoms with Crippen LogP contribution in [0.3, 0.4) is 0 Å². The van der Waals surface area contributed by atoms with Crippen molar-refractivity contribution in [2.45, 2.75) is 0 Å². The topological polar surface area (TPSA) is 46.2 Å². The molecule has 8 heavy (non-hydrogen) atoms. The fraction of sp³-hybridized carbons (Fsp3) is 0. The van der Waals surface area contributed by atoms with E-state index in [1.54, 1.807) is 6.08 Å². The van der Waals surface area contributed by atoms with Crippen LogP contribution in [-0.2, 0) is 0 Å². The number of hydrogen-bond donors (Lipinski definition) is 2. The molecule has 2 nitrogen and oxygen atoms in total. The summed E-state index contributed by atoms with van der Waals surface area (Å²) in [6.07, 6.45) is 3.64. The Morgan fingerprint density at radius 3 is 2.75 bits per heavy atom. The summed E-state index contributed by atoms with van der Waals surface area (Å²) in [7, 11) is 0. The molecule has 0 amide bonds. The van der Waals surface area contributed by atoms with Gasteiger partial charge in [-0.05, 0) is 0 Å². The summed E-state index contributed by atoms with van der Waals surface area (Å²) in [5.41, 5.74) is 5.91. The van der Waals surface area contributed by atoms with Crippen LogP contribution in [-0.4, -0.2) is 31.0 Å². The molecule has 1 aliphatic heterocycles. The van der Waals surface area contributed by atoms with Crippen LogP contribution in [0.15, 0.2) is 21.7 Å². The SMILES string of the molecule is NC1=CC=[CH][In]=[C]1O. The molecule has 0 radical (unpaired) electrons. The minimum absolute atomic E-state index is 0.461. The molecule has 0 bridgehead atoms. The molecule has 0 aliphatic carbocycles. The van der Waals surface area contributed by atoms with Gasteiger partial charge in [0.15, 0.2) is 0 Å². The van der Waals surface area contributed by atoms with Gasteiger partial charge in [-0.3, -0.25) is 0 Å². The van der Waals surface area contributed by atoms with E-state index in [1.165, 1.54) is 0 Å². The first kappa shape index (κ1) is 5.95. The molecule has 0 fully saturated rings. The number of rotatable bonds is 0. The van der Waals surface area contributed by atoms with Gasteiger partial charge in [0, 0.05) is 0 Å². The van der Waals surface area contributed by atoms with Gasteiger partial charge in [0.2, 0.25) is 0 Å². The van der Waals surface area contributed by atoms with E-state index >= 15 is 0 Å². The second-order valence-electron chi connectivity index (χ2n) is 1.56. The summed E-state index contributed by atoms with van der Waals surface area (Å²) >= 11 is -0.917. The molecule has 3 N–H and O–H groups in total. The Hall–Kier alpha value is -0.180. The molecule has 0 unspecified atom stereocenters. The van der Waals surface area contributed by atoms with Gasteiger partial charge in [-0.15, -0.1) is 0 Å². The number of hydrogen-bond acceptors (Lipinski definition) is 2. The molecule has 0 aromatic heterocycles. The van der Waals surface area contributed by atoms with E-state index in [9.17, 15) is 0 Å². The Morgan fingerprint density at radius 1 is 1.62 bits per heavy atom. The second kappa shape index (κ2) is 2.40. The van der Waals surface area contributed by atoms with Crippen molar-refractivity contribution in [3.05, 3.63) is 21.7 Å². The molecular formula is C5H6InNO. The molecule has 0 atom stereocenters. The molecule has 1 heterocycles. The fourth-order valence-corrected chi connectivity index (χ4v) is 2.47. The molecule has 0 saturated heterocycles. The van der Waals surface area contributed by atoms with Crippen LogP contribution in [0.4, 0.5) is 0 Å². The summed E-state index contributed by atoms with van der Waals surface area (Å²) < 4.78 is 2.50. The number of aliphatic hydroxyl groups is 1. The molecular weight excluding hydrogens is 205 g/mol. The molecule has 3 heteroatoms. The predicted molar refractivity (Wildman–Crippen MR) is 34.1 cm³/mol. The Labute approximate surface area is 58.5 Å². The normalized spacial score (nSPS) is 16.5. The average molecular weight is 211 g/mol. The van der Waals surface area contributed by atoms with Crippen molar-refractivity contribution < 1.29 is 5.11 Å². The number of allylic oxidation sites excluding steroid dienone is 2. The molecule has 1 aliphatic rings. The standard InChI is InChI=1S/C5H6NO.In/c1-2-3-5(6)4-7;/h1-3,7H,6H2;. The van der Waals surface area contributed by atoms with Gasteiger partial charge in [-0.2, -0.15) is 0 Å². The van der Waals surface area contributed by atoms with Gasteiger partial charge in [0.1, 0.15) is 0 Å². The monoisotopic (exact) mass is 211 g/mol. The van der Waals surface area contributed by atoms with E-state index in [1.807, 2.05) is 9.91 Å². The Morgan fingerprint density at radius 2 is 2.38 bits per heavy atom.